The van der Waals surface area contributed by atoms with Crippen LogP contribution in [0.5, 0.6) is 0 Å². The Labute approximate surface area is 98.9 Å². The van der Waals surface area contributed by atoms with E-state index in [1.807, 2.05) is 11.8 Å². The fraction of sp³-hybridized carbons (Fsp3) is 1.00. The summed E-state index contributed by atoms with van der Waals surface area (Å²) in [4.78, 5) is 2.41. The van der Waals surface area contributed by atoms with Crippen molar-refractivity contribution in [3.8, 4) is 0 Å². The van der Waals surface area contributed by atoms with E-state index in [9.17, 15) is 0 Å². The standard InChI is InChI=1S/C11H26N2OS/c1-11(5-10-15-4)13(2)8-6-12-7-9-14-3/h11-12H,5-10H2,1-4H3. The first-order valence-corrected chi connectivity index (χ1v) is 7.00. The Kier molecular flexibility index (Phi) is 10.9. The molecule has 0 spiro atoms. The predicted octanol–water partition coefficient (Wildman–Crippen LogP) is 1.30. The summed E-state index contributed by atoms with van der Waals surface area (Å²) in [5, 5.41) is 3.36. The van der Waals surface area contributed by atoms with Gasteiger partial charge in [-0.25, -0.2) is 0 Å². The number of likely N-dealkylation sites (N-methyl/N-ethyl adjacent to an activating group) is 1. The van der Waals surface area contributed by atoms with Gasteiger partial charge in [-0.15, -0.1) is 0 Å². The van der Waals surface area contributed by atoms with Crippen LogP contribution in [-0.2, 0) is 4.74 Å². The Morgan fingerprint density at radius 3 is 2.73 bits per heavy atom. The van der Waals surface area contributed by atoms with Crippen LogP contribution in [0.15, 0.2) is 0 Å². The normalized spacial score (nSPS) is 13.4. The maximum atomic E-state index is 4.97. The second-order valence-corrected chi connectivity index (χ2v) is 4.84. The Hall–Kier alpha value is 0.230. The van der Waals surface area contributed by atoms with Gasteiger partial charge in [-0.2, -0.15) is 11.8 Å². The molecule has 1 N–H and O–H groups in total. The van der Waals surface area contributed by atoms with Crippen LogP contribution in [0.3, 0.4) is 0 Å². The summed E-state index contributed by atoms with van der Waals surface area (Å²) in [6.45, 7) is 6.20. The molecule has 92 valence electrons. The van der Waals surface area contributed by atoms with Gasteiger partial charge in [0.1, 0.15) is 0 Å². The highest BCUT2D eigenvalue weighted by atomic mass is 32.2. The van der Waals surface area contributed by atoms with Crippen molar-refractivity contribution in [3.05, 3.63) is 0 Å². The van der Waals surface area contributed by atoms with E-state index in [1.165, 1.54) is 12.2 Å². The highest BCUT2D eigenvalue weighted by Crippen LogP contribution is 2.04. The van der Waals surface area contributed by atoms with E-state index in [1.54, 1.807) is 7.11 Å². The molecule has 0 fully saturated rings. The number of hydrogen-bond donors (Lipinski definition) is 1. The Bertz CT molecular complexity index is 136. The van der Waals surface area contributed by atoms with E-state index >= 15 is 0 Å². The van der Waals surface area contributed by atoms with E-state index in [0.29, 0.717) is 6.04 Å². The van der Waals surface area contributed by atoms with Gasteiger partial charge in [0.25, 0.3) is 0 Å². The largest absolute Gasteiger partial charge is 0.383 e. The Morgan fingerprint density at radius 2 is 2.13 bits per heavy atom. The van der Waals surface area contributed by atoms with Crippen molar-refractivity contribution in [2.24, 2.45) is 0 Å². The average Bonchev–Trinajstić information content (AvgIpc) is 2.25. The van der Waals surface area contributed by atoms with Gasteiger partial charge in [-0.05, 0) is 32.4 Å². The van der Waals surface area contributed by atoms with Gasteiger partial charge in [-0.1, -0.05) is 0 Å². The zero-order valence-electron chi connectivity index (χ0n) is 10.6. The molecule has 0 aliphatic rings. The molecule has 0 aliphatic carbocycles. The first-order valence-electron chi connectivity index (χ1n) is 5.61. The van der Waals surface area contributed by atoms with E-state index < -0.39 is 0 Å². The third-order valence-corrected chi connectivity index (χ3v) is 3.26. The molecular formula is C11H26N2OS. The van der Waals surface area contributed by atoms with Crippen molar-refractivity contribution in [2.75, 3.05) is 52.4 Å². The van der Waals surface area contributed by atoms with Gasteiger partial charge < -0.3 is 15.0 Å². The number of rotatable bonds is 10. The van der Waals surface area contributed by atoms with Crippen molar-refractivity contribution >= 4 is 11.8 Å². The summed E-state index contributed by atoms with van der Waals surface area (Å²) < 4.78 is 4.97. The molecule has 15 heavy (non-hydrogen) atoms. The van der Waals surface area contributed by atoms with E-state index in [-0.39, 0.29) is 0 Å². The van der Waals surface area contributed by atoms with Gasteiger partial charge in [-0.3, -0.25) is 0 Å². The van der Waals surface area contributed by atoms with Gasteiger partial charge in [0.15, 0.2) is 0 Å². The molecule has 0 radical (unpaired) electrons. The summed E-state index contributed by atoms with van der Waals surface area (Å²) in [5.41, 5.74) is 0. The first-order chi connectivity index (χ1) is 7.22. The number of nitrogens with one attached hydrogen (secondary N) is 1. The lowest BCUT2D eigenvalue weighted by molar-refractivity contribution is 0.195. The third-order valence-electron chi connectivity index (χ3n) is 2.62. The molecule has 4 heteroatoms. The molecule has 3 nitrogen and oxygen atoms in total. The van der Waals surface area contributed by atoms with Crippen LogP contribution in [0.2, 0.25) is 0 Å². The molecule has 1 atom stereocenters. The smallest absolute Gasteiger partial charge is 0.0587 e. The number of hydrogen-bond acceptors (Lipinski definition) is 4. The van der Waals surface area contributed by atoms with Crippen molar-refractivity contribution in [1.82, 2.24) is 10.2 Å². The maximum Gasteiger partial charge on any atom is 0.0587 e. The summed E-state index contributed by atoms with van der Waals surface area (Å²) in [5.74, 6) is 1.25. The molecule has 0 aromatic rings. The lowest BCUT2D eigenvalue weighted by Crippen LogP contribution is -2.36. The molecular weight excluding hydrogens is 208 g/mol. The Morgan fingerprint density at radius 1 is 1.40 bits per heavy atom. The van der Waals surface area contributed by atoms with Crippen LogP contribution >= 0.6 is 11.8 Å². The predicted molar refractivity (Wildman–Crippen MR) is 69.8 cm³/mol. The van der Waals surface area contributed by atoms with Crippen LogP contribution in [0, 0.1) is 0 Å². The van der Waals surface area contributed by atoms with Gasteiger partial charge in [0.2, 0.25) is 0 Å². The molecule has 0 aromatic heterocycles. The molecule has 0 heterocycles. The Balaban J connectivity index is 3.34. The number of nitrogens with zero attached hydrogens (tertiary/aromatic N) is 1. The SMILES string of the molecule is COCCNCCN(C)C(C)CCSC. The monoisotopic (exact) mass is 234 g/mol. The van der Waals surface area contributed by atoms with Crippen LogP contribution in [0.4, 0.5) is 0 Å². The van der Waals surface area contributed by atoms with E-state index in [0.717, 1.165) is 26.2 Å². The third kappa shape index (κ3) is 9.18. The maximum absolute atomic E-state index is 4.97. The summed E-state index contributed by atoms with van der Waals surface area (Å²) in [7, 11) is 3.93. The van der Waals surface area contributed by atoms with Crippen LogP contribution in [-0.4, -0.2) is 63.3 Å². The fourth-order valence-electron chi connectivity index (χ4n) is 1.28. The summed E-state index contributed by atoms with van der Waals surface area (Å²) in [6, 6.07) is 0.682. The topological polar surface area (TPSA) is 24.5 Å². The van der Waals surface area contributed by atoms with Crippen LogP contribution < -0.4 is 5.32 Å². The molecule has 1 unspecified atom stereocenters. The van der Waals surface area contributed by atoms with Gasteiger partial charge in [0.05, 0.1) is 6.61 Å². The van der Waals surface area contributed by atoms with Crippen molar-refractivity contribution in [2.45, 2.75) is 19.4 Å². The molecule has 0 aromatic carbocycles. The summed E-state index contributed by atoms with van der Waals surface area (Å²) >= 11 is 1.92. The average molecular weight is 234 g/mol. The lowest BCUT2D eigenvalue weighted by Gasteiger charge is -2.24. The van der Waals surface area contributed by atoms with E-state index in [2.05, 4.69) is 30.4 Å². The van der Waals surface area contributed by atoms with Crippen molar-refractivity contribution < 1.29 is 4.74 Å². The van der Waals surface area contributed by atoms with Gasteiger partial charge in [0, 0.05) is 32.8 Å². The molecule has 0 bridgehead atoms. The quantitative estimate of drug-likeness (QED) is 0.576. The minimum absolute atomic E-state index is 0.682. The van der Waals surface area contributed by atoms with Crippen LogP contribution in [0.25, 0.3) is 0 Å². The minimum atomic E-state index is 0.682. The highest BCUT2D eigenvalue weighted by molar-refractivity contribution is 7.98. The van der Waals surface area contributed by atoms with Crippen LogP contribution in [0.1, 0.15) is 13.3 Å². The first kappa shape index (κ1) is 15.2. The molecule has 0 amide bonds. The molecule has 0 saturated carbocycles. The summed E-state index contributed by atoms with van der Waals surface area (Å²) in [6.07, 6.45) is 3.44. The zero-order chi connectivity index (χ0) is 11.5. The number of ether oxygens (including phenoxy) is 1. The zero-order valence-corrected chi connectivity index (χ0v) is 11.4. The number of thioether (sulfide) groups is 1. The lowest BCUT2D eigenvalue weighted by atomic mass is 10.2. The van der Waals surface area contributed by atoms with Crippen molar-refractivity contribution in [3.63, 3.8) is 0 Å². The van der Waals surface area contributed by atoms with Gasteiger partial charge >= 0.3 is 0 Å². The minimum Gasteiger partial charge on any atom is -0.383 e. The molecule has 0 aliphatic heterocycles. The molecule has 0 saturated heterocycles. The second kappa shape index (κ2) is 10.7. The highest BCUT2D eigenvalue weighted by Gasteiger charge is 2.07. The number of methoxy groups -OCH3 is 1. The van der Waals surface area contributed by atoms with Crippen molar-refractivity contribution in [1.29, 1.82) is 0 Å². The fourth-order valence-corrected chi connectivity index (χ4v) is 1.86. The van der Waals surface area contributed by atoms with E-state index in [4.69, 9.17) is 4.74 Å². The molecule has 0 rings (SSSR count). The second-order valence-electron chi connectivity index (χ2n) is 3.85.